The van der Waals surface area contributed by atoms with Gasteiger partial charge in [0, 0.05) is 0 Å². The van der Waals surface area contributed by atoms with Gasteiger partial charge in [-0.15, -0.1) is 0 Å². The topological polar surface area (TPSA) is 52.6 Å². The molecule has 0 aliphatic rings. The molecule has 0 saturated heterocycles. The molecular formula is C26H50O4. The van der Waals surface area contributed by atoms with E-state index in [-0.39, 0.29) is 24.3 Å². The number of hydrogen-bond donors (Lipinski definition) is 0. The minimum atomic E-state index is -0.351. The second-order valence-corrected chi connectivity index (χ2v) is 8.55. The van der Waals surface area contributed by atoms with E-state index >= 15 is 0 Å². The molecule has 1 atom stereocenters. The minimum Gasteiger partial charge on any atom is -0.466 e. The fourth-order valence-electron chi connectivity index (χ4n) is 3.92. The number of ether oxygens (including phenoxy) is 2. The average Bonchev–Trinajstić information content (AvgIpc) is 2.73. The van der Waals surface area contributed by atoms with Crippen molar-refractivity contribution < 1.29 is 19.1 Å². The number of hydrogen-bond acceptors (Lipinski definition) is 4. The van der Waals surface area contributed by atoms with Gasteiger partial charge in [-0.25, -0.2) is 0 Å². The highest BCUT2D eigenvalue weighted by Gasteiger charge is 2.23. The zero-order valence-electron chi connectivity index (χ0n) is 20.4. The average molecular weight is 427 g/mol. The van der Waals surface area contributed by atoms with Crippen LogP contribution in [0.4, 0.5) is 0 Å². The van der Waals surface area contributed by atoms with E-state index in [9.17, 15) is 9.59 Å². The Balaban J connectivity index is 3.56. The van der Waals surface area contributed by atoms with E-state index in [1.165, 1.54) is 89.9 Å². The lowest BCUT2D eigenvalue weighted by atomic mass is 9.97. The number of carbonyl (C=O) groups excluding carboxylic acids is 2. The third kappa shape index (κ3) is 18.9. The highest BCUT2D eigenvalue weighted by atomic mass is 16.5. The van der Waals surface area contributed by atoms with Crippen LogP contribution in [-0.4, -0.2) is 25.2 Å². The molecule has 4 nitrogen and oxygen atoms in total. The molecule has 30 heavy (non-hydrogen) atoms. The zero-order chi connectivity index (χ0) is 22.3. The summed E-state index contributed by atoms with van der Waals surface area (Å²) in [6.45, 7) is 6.57. The van der Waals surface area contributed by atoms with Crippen LogP contribution in [0.5, 0.6) is 0 Å². The molecule has 0 heterocycles. The van der Waals surface area contributed by atoms with Crippen molar-refractivity contribution in [2.75, 3.05) is 13.2 Å². The molecule has 4 heteroatoms. The molecule has 0 aromatic rings. The molecule has 0 rings (SSSR count). The first-order valence-corrected chi connectivity index (χ1v) is 13.0. The van der Waals surface area contributed by atoms with Crippen molar-refractivity contribution in [3.8, 4) is 0 Å². The predicted molar refractivity (Wildman–Crippen MR) is 126 cm³/mol. The van der Waals surface area contributed by atoms with Gasteiger partial charge in [-0.3, -0.25) is 9.59 Å². The molecule has 0 aliphatic carbocycles. The molecule has 0 fully saturated rings. The Morgan fingerprint density at radius 2 is 0.967 bits per heavy atom. The lowest BCUT2D eigenvalue weighted by Crippen LogP contribution is -2.22. The lowest BCUT2D eigenvalue weighted by Gasteiger charge is -2.14. The van der Waals surface area contributed by atoms with Gasteiger partial charge in [-0.1, -0.05) is 110 Å². The Morgan fingerprint density at radius 3 is 1.37 bits per heavy atom. The lowest BCUT2D eigenvalue weighted by molar-refractivity contribution is -0.155. The summed E-state index contributed by atoms with van der Waals surface area (Å²) < 4.78 is 10.1. The molecule has 0 N–H and O–H groups in total. The number of carbonyl (C=O) groups is 2. The minimum absolute atomic E-state index is 0.144. The molecule has 0 saturated carbocycles. The first-order valence-electron chi connectivity index (χ1n) is 13.0. The van der Waals surface area contributed by atoms with E-state index < -0.39 is 0 Å². The molecule has 178 valence electrons. The van der Waals surface area contributed by atoms with Crippen molar-refractivity contribution in [3.63, 3.8) is 0 Å². The molecule has 0 spiro atoms. The zero-order valence-corrected chi connectivity index (χ0v) is 20.4. The smallest absolute Gasteiger partial charge is 0.309 e. The second kappa shape index (κ2) is 22.6. The van der Waals surface area contributed by atoms with Crippen LogP contribution < -0.4 is 0 Å². The van der Waals surface area contributed by atoms with Gasteiger partial charge in [-0.05, 0) is 20.3 Å². The molecule has 1 unspecified atom stereocenters. The molecule has 0 aromatic carbocycles. The first kappa shape index (κ1) is 28.9. The number of esters is 2. The van der Waals surface area contributed by atoms with Crippen LogP contribution in [0.15, 0.2) is 0 Å². The molecule has 0 aliphatic heterocycles. The first-order chi connectivity index (χ1) is 14.7. The SMILES string of the molecule is CCCCCCCCCCCCCCCCCCC(CC(=O)OCC)C(=O)OCC. The largest absolute Gasteiger partial charge is 0.466 e. The van der Waals surface area contributed by atoms with Crippen LogP contribution in [-0.2, 0) is 19.1 Å². The fraction of sp³-hybridized carbons (Fsp3) is 0.923. The van der Waals surface area contributed by atoms with Gasteiger partial charge in [0.2, 0.25) is 0 Å². The Morgan fingerprint density at radius 1 is 0.567 bits per heavy atom. The Labute approximate surface area is 186 Å². The van der Waals surface area contributed by atoms with Crippen LogP contribution in [0.25, 0.3) is 0 Å². The van der Waals surface area contributed by atoms with E-state index in [0.717, 1.165) is 19.3 Å². The third-order valence-corrected chi connectivity index (χ3v) is 5.74. The van der Waals surface area contributed by atoms with Crippen LogP contribution in [0.1, 0.15) is 136 Å². The van der Waals surface area contributed by atoms with E-state index in [2.05, 4.69) is 6.92 Å². The maximum Gasteiger partial charge on any atom is 0.309 e. The van der Waals surface area contributed by atoms with E-state index in [4.69, 9.17) is 9.47 Å². The Kier molecular flexibility index (Phi) is 21.8. The van der Waals surface area contributed by atoms with Crippen molar-refractivity contribution in [2.45, 2.75) is 136 Å². The van der Waals surface area contributed by atoms with E-state index in [1.54, 1.807) is 13.8 Å². The quantitative estimate of drug-likeness (QED) is 0.131. The predicted octanol–water partition coefficient (Wildman–Crippen LogP) is 7.77. The van der Waals surface area contributed by atoms with E-state index in [0.29, 0.717) is 13.2 Å². The maximum absolute atomic E-state index is 12.0. The summed E-state index contributed by atoms with van der Waals surface area (Å²) in [6, 6.07) is 0. The van der Waals surface area contributed by atoms with Gasteiger partial charge in [-0.2, -0.15) is 0 Å². The Bertz CT molecular complexity index is 394. The highest BCUT2D eigenvalue weighted by molar-refractivity contribution is 5.79. The van der Waals surface area contributed by atoms with Crippen LogP contribution in [0, 0.1) is 5.92 Å². The number of unbranched alkanes of at least 4 members (excludes halogenated alkanes) is 15. The highest BCUT2D eigenvalue weighted by Crippen LogP contribution is 2.18. The van der Waals surface area contributed by atoms with Gasteiger partial charge in [0.05, 0.1) is 25.6 Å². The summed E-state index contributed by atoms with van der Waals surface area (Å²) in [5.41, 5.74) is 0. The summed E-state index contributed by atoms with van der Waals surface area (Å²) in [4.78, 5) is 23.7. The Hall–Kier alpha value is -1.06. The molecule has 0 bridgehead atoms. The molecule has 0 amide bonds. The number of rotatable bonds is 22. The summed E-state index contributed by atoms with van der Waals surface area (Å²) in [5.74, 6) is -0.908. The summed E-state index contributed by atoms with van der Waals surface area (Å²) in [5, 5.41) is 0. The van der Waals surface area contributed by atoms with Crippen molar-refractivity contribution in [1.82, 2.24) is 0 Å². The maximum atomic E-state index is 12.0. The van der Waals surface area contributed by atoms with Crippen LogP contribution in [0.2, 0.25) is 0 Å². The van der Waals surface area contributed by atoms with Crippen molar-refractivity contribution >= 4 is 11.9 Å². The van der Waals surface area contributed by atoms with Crippen molar-refractivity contribution in [2.24, 2.45) is 5.92 Å². The second-order valence-electron chi connectivity index (χ2n) is 8.55. The third-order valence-electron chi connectivity index (χ3n) is 5.74. The normalized spacial score (nSPS) is 12.0. The van der Waals surface area contributed by atoms with Crippen molar-refractivity contribution in [3.05, 3.63) is 0 Å². The van der Waals surface area contributed by atoms with E-state index in [1.807, 2.05) is 0 Å². The monoisotopic (exact) mass is 426 g/mol. The van der Waals surface area contributed by atoms with Gasteiger partial charge >= 0.3 is 11.9 Å². The molecular weight excluding hydrogens is 376 g/mol. The molecule has 0 radical (unpaired) electrons. The summed E-state index contributed by atoms with van der Waals surface area (Å²) in [7, 11) is 0. The van der Waals surface area contributed by atoms with Crippen LogP contribution >= 0.6 is 0 Å². The standard InChI is InChI=1S/C26H50O4/c1-4-7-8-9-10-11-12-13-14-15-16-17-18-19-20-21-22-24(26(28)30-6-3)23-25(27)29-5-2/h24H,4-23H2,1-3H3. The summed E-state index contributed by atoms with van der Waals surface area (Å²) >= 11 is 0. The fourth-order valence-corrected chi connectivity index (χ4v) is 3.92. The van der Waals surface area contributed by atoms with Crippen molar-refractivity contribution in [1.29, 1.82) is 0 Å². The summed E-state index contributed by atoms with van der Waals surface area (Å²) in [6.07, 6.45) is 22.2. The van der Waals surface area contributed by atoms with Gasteiger partial charge in [0.15, 0.2) is 0 Å². The van der Waals surface area contributed by atoms with Gasteiger partial charge in [0.1, 0.15) is 0 Å². The van der Waals surface area contributed by atoms with Gasteiger partial charge in [0.25, 0.3) is 0 Å². The molecule has 0 aromatic heterocycles. The van der Waals surface area contributed by atoms with Crippen LogP contribution in [0.3, 0.4) is 0 Å². The van der Waals surface area contributed by atoms with Gasteiger partial charge < -0.3 is 9.47 Å².